The van der Waals surface area contributed by atoms with Crippen LogP contribution in [0.2, 0.25) is 5.02 Å². The highest BCUT2D eigenvalue weighted by Crippen LogP contribution is 2.30. The Balaban J connectivity index is 1.86. The zero-order valence-electron chi connectivity index (χ0n) is 21.4. The third-order valence-corrected chi connectivity index (χ3v) is 6.88. The highest BCUT2D eigenvalue weighted by Gasteiger charge is 2.26. The molecule has 5 nitrogen and oxygen atoms in total. The summed E-state index contributed by atoms with van der Waals surface area (Å²) in [5.74, 6) is -0.646. The van der Waals surface area contributed by atoms with Crippen molar-refractivity contribution >= 4 is 29.2 Å². The van der Waals surface area contributed by atoms with E-state index in [-0.39, 0.29) is 11.9 Å². The van der Waals surface area contributed by atoms with Crippen molar-refractivity contribution in [2.45, 2.75) is 46.7 Å². The molecule has 1 N–H and O–H groups in total. The number of amides is 1. The van der Waals surface area contributed by atoms with Crippen molar-refractivity contribution < 1.29 is 14.3 Å². The number of carbonyl (C=O) groups is 2. The molecular weight excluding hydrogens is 460 g/mol. The van der Waals surface area contributed by atoms with Crippen LogP contribution in [0.5, 0.6) is 0 Å². The van der Waals surface area contributed by atoms with Crippen LogP contribution in [0.25, 0.3) is 11.1 Å². The molecule has 0 aliphatic rings. The van der Waals surface area contributed by atoms with Crippen molar-refractivity contribution in [1.82, 2.24) is 4.90 Å². The Kier molecular flexibility index (Phi) is 8.23. The summed E-state index contributed by atoms with van der Waals surface area (Å²) in [6, 6.07) is 17.8. The van der Waals surface area contributed by atoms with Crippen LogP contribution in [-0.2, 0) is 9.53 Å². The molecule has 2 atom stereocenters. The molecule has 3 aromatic rings. The lowest BCUT2D eigenvalue weighted by Crippen LogP contribution is -2.41. The van der Waals surface area contributed by atoms with E-state index in [1.807, 2.05) is 57.2 Å². The summed E-state index contributed by atoms with van der Waals surface area (Å²) in [4.78, 5) is 26.5. The monoisotopic (exact) mass is 492 g/mol. The molecule has 35 heavy (non-hydrogen) atoms. The van der Waals surface area contributed by atoms with Gasteiger partial charge in [0.2, 0.25) is 0 Å². The maximum Gasteiger partial charge on any atom is 0.328 e. The van der Waals surface area contributed by atoms with Gasteiger partial charge < -0.3 is 15.0 Å². The van der Waals surface area contributed by atoms with Crippen LogP contribution in [0.1, 0.15) is 52.5 Å². The van der Waals surface area contributed by atoms with Crippen LogP contribution < -0.4 is 5.32 Å². The van der Waals surface area contributed by atoms with Gasteiger partial charge in [-0.25, -0.2) is 4.79 Å². The Bertz CT molecular complexity index is 1230. The average molecular weight is 493 g/mol. The molecule has 0 saturated carbocycles. The number of nitrogens with zero attached hydrogens (tertiary/aromatic N) is 1. The summed E-state index contributed by atoms with van der Waals surface area (Å²) in [6.07, 6.45) is 0. The van der Waals surface area contributed by atoms with Crippen LogP contribution in [0.4, 0.5) is 5.69 Å². The summed E-state index contributed by atoms with van der Waals surface area (Å²) < 4.78 is 4.79. The Morgan fingerprint density at radius 2 is 1.57 bits per heavy atom. The Morgan fingerprint density at radius 3 is 2.17 bits per heavy atom. The lowest BCUT2D eigenvalue weighted by atomic mass is 9.94. The van der Waals surface area contributed by atoms with E-state index < -0.39 is 12.0 Å². The van der Waals surface area contributed by atoms with Crippen LogP contribution in [0, 0.1) is 20.8 Å². The van der Waals surface area contributed by atoms with E-state index in [9.17, 15) is 9.59 Å². The van der Waals surface area contributed by atoms with E-state index in [0.29, 0.717) is 5.56 Å². The Labute approximate surface area is 213 Å². The molecule has 0 bridgehead atoms. The fraction of sp³-hybridized carbons (Fsp3) is 0.310. The van der Waals surface area contributed by atoms with Crippen LogP contribution in [-0.4, -0.2) is 37.0 Å². The number of methoxy groups -OCH3 is 1. The molecule has 3 aromatic carbocycles. The van der Waals surface area contributed by atoms with Gasteiger partial charge in [-0.05, 0) is 86.2 Å². The van der Waals surface area contributed by atoms with Crippen molar-refractivity contribution in [2.75, 3.05) is 19.5 Å². The number of benzene rings is 3. The summed E-state index contributed by atoms with van der Waals surface area (Å²) in [7, 11) is 2.94. The zero-order chi connectivity index (χ0) is 25.9. The van der Waals surface area contributed by atoms with E-state index in [1.165, 1.54) is 12.0 Å². The summed E-state index contributed by atoms with van der Waals surface area (Å²) in [5.41, 5.74) is 7.62. The third-order valence-electron chi connectivity index (χ3n) is 6.45. The normalized spacial score (nSPS) is 12.6. The number of hydrogen-bond donors (Lipinski definition) is 1. The molecule has 0 radical (unpaired) electrons. The smallest absolute Gasteiger partial charge is 0.328 e. The number of esters is 1. The molecule has 0 saturated heterocycles. The lowest BCUT2D eigenvalue weighted by Gasteiger charge is -2.25. The molecule has 184 valence electrons. The topological polar surface area (TPSA) is 58.6 Å². The second kappa shape index (κ2) is 11.0. The number of halogens is 1. The molecule has 3 rings (SSSR count). The van der Waals surface area contributed by atoms with Crippen molar-refractivity contribution in [3.63, 3.8) is 0 Å². The fourth-order valence-corrected chi connectivity index (χ4v) is 4.33. The second-order valence-corrected chi connectivity index (χ2v) is 9.46. The molecule has 0 aromatic heterocycles. The largest absolute Gasteiger partial charge is 0.467 e. The highest BCUT2D eigenvalue weighted by molar-refractivity contribution is 6.31. The number of anilines is 1. The molecule has 0 fully saturated rings. The minimum atomic E-state index is -0.667. The molecule has 1 unspecified atom stereocenters. The van der Waals surface area contributed by atoms with Gasteiger partial charge in [-0.3, -0.25) is 4.79 Å². The van der Waals surface area contributed by atoms with Gasteiger partial charge >= 0.3 is 5.97 Å². The zero-order valence-corrected chi connectivity index (χ0v) is 22.2. The predicted molar refractivity (Wildman–Crippen MR) is 143 cm³/mol. The first-order valence-electron chi connectivity index (χ1n) is 11.6. The number of aryl methyl sites for hydroxylation is 3. The quantitative estimate of drug-likeness (QED) is 0.371. The predicted octanol–water partition coefficient (Wildman–Crippen LogP) is 6.74. The first-order valence-corrected chi connectivity index (χ1v) is 12.0. The maximum absolute atomic E-state index is 13.2. The van der Waals surface area contributed by atoms with Crippen LogP contribution in [0.15, 0.2) is 54.6 Å². The molecule has 0 heterocycles. The molecular formula is C29H33ClN2O3. The van der Waals surface area contributed by atoms with E-state index in [2.05, 4.69) is 30.4 Å². The molecule has 0 spiro atoms. The summed E-state index contributed by atoms with van der Waals surface area (Å²) in [6.45, 7) is 9.64. The minimum Gasteiger partial charge on any atom is -0.467 e. The lowest BCUT2D eigenvalue weighted by molar-refractivity contribution is -0.144. The number of nitrogens with one attached hydrogen (secondary N) is 1. The van der Waals surface area contributed by atoms with Gasteiger partial charge in [-0.2, -0.15) is 0 Å². The van der Waals surface area contributed by atoms with Gasteiger partial charge in [0.25, 0.3) is 5.91 Å². The van der Waals surface area contributed by atoms with E-state index in [4.69, 9.17) is 16.3 Å². The Morgan fingerprint density at radius 1 is 0.914 bits per heavy atom. The van der Waals surface area contributed by atoms with Crippen LogP contribution >= 0.6 is 11.6 Å². The number of hydrogen-bond acceptors (Lipinski definition) is 4. The van der Waals surface area contributed by atoms with Crippen molar-refractivity contribution in [3.05, 3.63) is 87.4 Å². The maximum atomic E-state index is 13.2. The van der Waals surface area contributed by atoms with Gasteiger partial charge in [-0.15, -0.1) is 0 Å². The first-order chi connectivity index (χ1) is 16.5. The van der Waals surface area contributed by atoms with Gasteiger partial charge in [0.05, 0.1) is 7.11 Å². The number of carbonyl (C=O) groups excluding carboxylic acids is 2. The minimum absolute atomic E-state index is 0.108. The number of likely N-dealkylation sites (N-methyl/N-ethyl adjacent to an activating group) is 1. The molecule has 0 aliphatic heterocycles. The van der Waals surface area contributed by atoms with E-state index in [1.54, 1.807) is 14.0 Å². The average Bonchev–Trinajstić information content (AvgIpc) is 2.83. The van der Waals surface area contributed by atoms with Crippen molar-refractivity contribution in [2.24, 2.45) is 0 Å². The standard InChI is InChI=1S/C29H33ClN2O3/c1-17-13-22(11-12-26(17)30)20(4)31-25-10-8-9-23(16-25)24-14-18(2)27(19(3)15-24)28(33)32(6)21(5)29(34)35-7/h8-16,20-21,31H,1-7H3/t20-,21?/m1/s1. The van der Waals surface area contributed by atoms with Crippen molar-refractivity contribution in [1.29, 1.82) is 0 Å². The number of ether oxygens (including phenoxy) is 1. The second-order valence-electron chi connectivity index (χ2n) is 9.06. The third kappa shape index (κ3) is 5.85. The van der Waals surface area contributed by atoms with Gasteiger partial charge in [-0.1, -0.05) is 48.0 Å². The Hall–Kier alpha value is -3.31. The van der Waals surface area contributed by atoms with Gasteiger partial charge in [0.15, 0.2) is 0 Å². The fourth-order valence-electron chi connectivity index (χ4n) is 4.21. The SMILES string of the molecule is COC(=O)C(C)N(C)C(=O)c1c(C)cc(-c2cccc(N[C@H](C)c3ccc(Cl)c(C)c3)c2)cc1C. The summed E-state index contributed by atoms with van der Waals surface area (Å²) in [5, 5.41) is 4.34. The molecule has 0 aliphatic carbocycles. The van der Waals surface area contributed by atoms with E-state index >= 15 is 0 Å². The van der Waals surface area contributed by atoms with E-state index in [0.717, 1.165) is 44.1 Å². The van der Waals surface area contributed by atoms with Crippen molar-refractivity contribution in [3.8, 4) is 11.1 Å². The van der Waals surface area contributed by atoms with Crippen LogP contribution in [0.3, 0.4) is 0 Å². The molecule has 1 amide bonds. The van der Waals surface area contributed by atoms with Gasteiger partial charge in [0, 0.05) is 29.4 Å². The first kappa shape index (κ1) is 26.3. The van der Waals surface area contributed by atoms with Gasteiger partial charge in [0.1, 0.15) is 6.04 Å². The highest BCUT2D eigenvalue weighted by atomic mass is 35.5. The summed E-state index contributed by atoms with van der Waals surface area (Å²) >= 11 is 6.18. The number of rotatable bonds is 7. The molecule has 6 heteroatoms.